The SMILES string of the molecule is CO[C@H](C1CCC1)[C@H](C)SN. The van der Waals surface area contributed by atoms with Gasteiger partial charge in [0, 0.05) is 12.4 Å². The molecule has 1 saturated carbocycles. The minimum Gasteiger partial charge on any atom is -0.380 e. The monoisotopic (exact) mass is 175 g/mol. The summed E-state index contributed by atoms with van der Waals surface area (Å²) >= 11 is 1.41. The van der Waals surface area contributed by atoms with Crippen LogP contribution in [0.15, 0.2) is 0 Å². The van der Waals surface area contributed by atoms with Gasteiger partial charge in [-0.25, -0.2) is 0 Å². The summed E-state index contributed by atoms with van der Waals surface area (Å²) in [6.07, 6.45) is 4.39. The van der Waals surface area contributed by atoms with Gasteiger partial charge in [-0.1, -0.05) is 18.4 Å². The van der Waals surface area contributed by atoms with Crippen molar-refractivity contribution in [2.24, 2.45) is 11.1 Å². The number of ether oxygens (including phenoxy) is 1. The lowest BCUT2D eigenvalue weighted by Gasteiger charge is -2.35. The Bertz CT molecular complexity index is 112. The molecule has 2 nitrogen and oxygen atoms in total. The van der Waals surface area contributed by atoms with Crippen molar-refractivity contribution in [1.82, 2.24) is 0 Å². The van der Waals surface area contributed by atoms with Crippen LogP contribution in [0.4, 0.5) is 0 Å². The molecular weight excluding hydrogens is 158 g/mol. The fraction of sp³-hybridized carbons (Fsp3) is 1.00. The van der Waals surface area contributed by atoms with E-state index in [1.165, 1.54) is 31.2 Å². The molecule has 0 bridgehead atoms. The quantitative estimate of drug-likeness (QED) is 0.662. The van der Waals surface area contributed by atoms with Gasteiger partial charge in [-0.3, -0.25) is 5.14 Å². The number of hydrogen-bond donors (Lipinski definition) is 1. The molecule has 0 aromatic rings. The Morgan fingerprint density at radius 1 is 1.55 bits per heavy atom. The minimum absolute atomic E-state index is 0.374. The van der Waals surface area contributed by atoms with Gasteiger partial charge >= 0.3 is 0 Å². The second-order valence-corrected chi connectivity index (χ2v) is 4.25. The van der Waals surface area contributed by atoms with Crippen molar-refractivity contribution >= 4 is 11.9 Å². The van der Waals surface area contributed by atoms with Gasteiger partial charge in [0.15, 0.2) is 0 Å². The summed E-state index contributed by atoms with van der Waals surface area (Å²) in [5.41, 5.74) is 0. The van der Waals surface area contributed by atoms with E-state index in [1.807, 2.05) is 0 Å². The highest BCUT2D eigenvalue weighted by Gasteiger charge is 2.30. The van der Waals surface area contributed by atoms with Gasteiger partial charge < -0.3 is 4.74 Å². The first-order valence-electron chi connectivity index (χ1n) is 4.18. The summed E-state index contributed by atoms with van der Waals surface area (Å²) < 4.78 is 5.41. The number of hydrogen-bond acceptors (Lipinski definition) is 3. The van der Waals surface area contributed by atoms with Crippen LogP contribution in [-0.4, -0.2) is 18.5 Å². The number of nitrogens with two attached hydrogens (primary N) is 1. The molecule has 0 unspecified atom stereocenters. The topological polar surface area (TPSA) is 35.2 Å². The fourth-order valence-corrected chi connectivity index (χ4v) is 2.10. The number of methoxy groups -OCH3 is 1. The van der Waals surface area contributed by atoms with Crippen molar-refractivity contribution in [3.8, 4) is 0 Å². The fourth-order valence-electron chi connectivity index (χ4n) is 1.61. The first-order valence-corrected chi connectivity index (χ1v) is 5.12. The largest absolute Gasteiger partial charge is 0.380 e. The molecule has 0 aromatic carbocycles. The normalized spacial score (nSPS) is 24.3. The van der Waals surface area contributed by atoms with Crippen LogP contribution in [0.25, 0.3) is 0 Å². The first-order chi connectivity index (χ1) is 5.29. The van der Waals surface area contributed by atoms with Crippen LogP contribution in [0, 0.1) is 5.92 Å². The zero-order chi connectivity index (χ0) is 8.27. The van der Waals surface area contributed by atoms with E-state index < -0.39 is 0 Å². The highest BCUT2D eigenvalue weighted by Crippen LogP contribution is 2.34. The van der Waals surface area contributed by atoms with Gasteiger partial charge in [-0.15, -0.1) is 0 Å². The zero-order valence-corrected chi connectivity index (χ0v) is 8.06. The molecule has 0 aromatic heterocycles. The molecule has 0 amide bonds. The van der Waals surface area contributed by atoms with Gasteiger partial charge in [0.05, 0.1) is 6.10 Å². The number of rotatable bonds is 4. The lowest BCUT2D eigenvalue weighted by atomic mass is 9.80. The maximum absolute atomic E-state index is 5.50. The Morgan fingerprint density at radius 3 is 2.45 bits per heavy atom. The Labute approximate surface area is 73.0 Å². The molecule has 0 radical (unpaired) electrons. The summed E-state index contributed by atoms with van der Waals surface area (Å²) in [6.45, 7) is 2.14. The maximum atomic E-state index is 5.50. The van der Waals surface area contributed by atoms with Gasteiger partial charge in [-0.05, 0) is 25.7 Å². The Balaban J connectivity index is 2.34. The smallest absolute Gasteiger partial charge is 0.0727 e. The van der Waals surface area contributed by atoms with Gasteiger partial charge in [-0.2, -0.15) is 0 Å². The standard InChI is InChI=1S/C8H17NOS/c1-6(11-9)8(10-2)7-4-3-5-7/h6-8H,3-5,9H2,1-2H3/t6-,8-/m0/s1. The molecule has 0 saturated heterocycles. The molecule has 1 aliphatic carbocycles. The van der Waals surface area contributed by atoms with Crippen LogP contribution < -0.4 is 5.14 Å². The second kappa shape index (κ2) is 4.33. The van der Waals surface area contributed by atoms with E-state index in [9.17, 15) is 0 Å². The van der Waals surface area contributed by atoms with E-state index in [2.05, 4.69) is 6.92 Å². The van der Waals surface area contributed by atoms with Gasteiger partial charge in [0.1, 0.15) is 0 Å². The van der Waals surface area contributed by atoms with Crippen LogP contribution >= 0.6 is 11.9 Å². The van der Waals surface area contributed by atoms with Crippen molar-refractivity contribution in [1.29, 1.82) is 0 Å². The lowest BCUT2D eigenvalue weighted by molar-refractivity contribution is 0.0210. The molecule has 0 spiro atoms. The lowest BCUT2D eigenvalue weighted by Crippen LogP contribution is -2.36. The predicted octanol–water partition coefficient (Wildman–Crippen LogP) is 1.80. The second-order valence-electron chi connectivity index (χ2n) is 3.23. The summed E-state index contributed by atoms with van der Waals surface area (Å²) in [5, 5.41) is 5.94. The third-order valence-electron chi connectivity index (χ3n) is 2.56. The van der Waals surface area contributed by atoms with Crippen LogP contribution in [0.3, 0.4) is 0 Å². The van der Waals surface area contributed by atoms with Crippen LogP contribution in [-0.2, 0) is 4.74 Å². The summed E-state index contributed by atoms with van der Waals surface area (Å²) in [4.78, 5) is 0. The maximum Gasteiger partial charge on any atom is 0.0727 e. The van der Waals surface area contributed by atoms with Crippen molar-refractivity contribution in [3.05, 3.63) is 0 Å². The van der Waals surface area contributed by atoms with E-state index in [4.69, 9.17) is 9.88 Å². The average molecular weight is 175 g/mol. The minimum atomic E-state index is 0.374. The molecule has 11 heavy (non-hydrogen) atoms. The molecular formula is C8H17NOS. The highest BCUT2D eigenvalue weighted by atomic mass is 32.2. The summed E-state index contributed by atoms with van der Waals surface area (Å²) in [6, 6.07) is 0. The Kier molecular flexibility index (Phi) is 3.69. The van der Waals surface area contributed by atoms with Crippen molar-refractivity contribution < 1.29 is 4.74 Å². The van der Waals surface area contributed by atoms with E-state index in [1.54, 1.807) is 7.11 Å². The van der Waals surface area contributed by atoms with E-state index in [0.717, 1.165) is 5.92 Å². The average Bonchev–Trinajstić information content (AvgIpc) is 1.94. The Morgan fingerprint density at radius 2 is 2.18 bits per heavy atom. The highest BCUT2D eigenvalue weighted by molar-refractivity contribution is 7.97. The Hall–Kier alpha value is 0.270. The summed E-state index contributed by atoms with van der Waals surface area (Å²) in [5.74, 6) is 0.769. The molecule has 1 rings (SSSR count). The first kappa shape index (κ1) is 9.36. The molecule has 0 aliphatic heterocycles. The van der Waals surface area contributed by atoms with E-state index in [-0.39, 0.29) is 0 Å². The van der Waals surface area contributed by atoms with E-state index in [0.29, 0.717) is 11.4 Å². The summed E-state index contributed by atoms with van der Waals surface area (Å²) in [7, 11) is 1.79. The molecule has 0 heterocycles. The third kappa shape index (κ3) is 2.10. The van der Waals surface area contributed by atoms with Crippen LogP contribution in [0.1, 0.15) is 26.2 Å². The van der Waals surface area contributed by atoms with E-state index >= 15 is 0 Å². The van der Waals surface area contributed by atoms with Gasteiger partial charge in [0.25, 0.3) is 0 Å². The predicted molar refractivity (Wildman–Crippen MR) is 49.4 cm³/mol. The van der Waals surface area contributed by atoms with Crippen molar-refractivity contribution in [2.75, 3.05) is 7.11 Å². The molecule has 2 atom stereocenters. The molecule has 3 heteroatoms. The molecule has 66 valence electrons. The van der Waals surface area contributed by atoms with Crippen molar-refractivity contribution in [3.63, 3.8) is 0 Å². The van der Waals surface area contributed by atoms with Crippen molar-refractivity contribution in [2.45, 2.75) is 37.5 Å². The zero-order valence-electron chi connectivity index (χ0n) is 7.25. The molecule has 1 fully saturated rings. The molecule has 1 aliphatic rings. The van der Waals surface area contributed by atoms with Crippen LogP contribution in [0.5, 0.6) is 0 Å². The van der Waals surface area contributed by atoms with Crippen LogP contribution in [0.2, 0.25) is 0 Å². The van der Waals surface area contributed by atoms with Gasteiger partial charge in [0.2, 0.25) is 0 Å². The molecule has 2 N–H and O–H groups in total. The third-order valence-corrected chi connectivity index (χ3v) is 3.26.